The number of nitrogen functional groups attached to an aromatic ring is 1. The van der Waals surface area contributed by atoms with Crippen molar-refractivity contribution >= 4 is 34.4 Å². The van der Waals surface area contributed by atoms with Gasteiger partial charge in [-0.25, -0.2) is 14.4 Å². The van der Waals surface area contributed by atoms with Gasteiger partial charge in [0.25, 0.3) is 5.88 Å². The molecule has 1 unspecified atom stereocenters. The maximum absolute atomic E-state index is 14.4. The Hall–Kier alpha value is -5.13. The van der Waals surface area contributed by atoms with E-state index < -0.39 is 17.3 Å². The second kappa shape index (κ2) is 8.47. The second-order valence-electron chi connectivity index (χ2n) is 8.93. The molecular weight excluding hydrogens is 493 g/mol. The van der Waals surface area contributed by atoms with E-state index in [0.717, 1.165) is 17.2 Å². The summed E-state index contributed by atoms with van der Waals surface area (Å²) in [6.45, 7) is 2.98. The molecule has 12 heteroatoms. The first-order valence-corrected chi connectivity index (χ1v) is 11.6. The lowest BCUT2D eigenvalue weighted by atomic mass is 9.84. The van der Waals surface area contributed by atoms with Crippen molar-refractivity contribution < 1.29 is 23.1 Å². The van der Waals surface area contributed by atoms with Crippen molar-refractivity contribution in [2.24, 2.45) is 0 Å². The normalized spacial score (nSPS) is 16.4. The maximum Gasteiger partial charge on any atom is 0.309 e. The molecule has 0 aliphatic carbocycles. The molecule has 5 aromatic rings. The minimum absolute atomic E-state index is 0.0193. The molecular formula is C26H20FN7O4. The third-order valence-corrected chi connectivity index (χ3v) is 6.43. The van der Waals surface area contributed by atoms with Crippen LogP contribution in [0.15, 0.2) is 59.2 Å². The number of fused-ring (bicyclic) bond motifs is 2. The minimum Gasteiger partial charge on any atom is -0.443 e. The number of ether oxygens (including phenoxy) is 1. The van der Waals surface area contributed by atoms with E-state index in [4.69, 9.17) is 14.9 Å². The monoisotopic (exact) mass is 513 g/mol. The summed E-state index contributed by atoms with van der Waals surface area (Å²) in [5, 5.41) is 8.14. The van der Waals surface area contributed by atoms with E-state index in [1.165, 1.54) is 13.0 Å². The number of aromatic nitrogens is 5. The number of nitrogens with one attached hydrogen (secondary N) is 1. The fourth-order valence-electron chi connectivity index (χ4n) is 4.60. The molecule has 11 nitrogen and oxygen atoms in total. The summed E-state index contributed by atoms with van der Waals surface area (Å²) in [5.74, 6) is -1.15. The Kier molecular flexibility index (Phi) is 5.19. The van der Waals surface area contributed by atoms with Crippen LogP contribution in [0.5, 0.6) is 5.88 Å². The predicted molar refractivity (Wildman–Crippen MR) is 134 cm³/mol. The van der Waals surface area contributed by atoms with Crippen molar-refractivity contribution in [2.75, 3.05) is 11.1 Å². The first-order valence-electron chi connectivity index (χ1n) is 11.6. The van der Waals surface area contributed by atoms with Crippen molar-refractivity contribution in [3.8, 4) is 17.4 Å². The molecule has 3 aromatic heterocycles. The molecule has 2 aromatic carbocycles. The molecule has 0 fully saturated rings. The summed E-state index contributed by atoms with van der Waals surface area (Å²) in [5.41, 5.74) is 6.84. The van der Waals surface area contributed by atoms with Crippen LogP contribution in [-0.2, 0) is 21.5 Å². The highest BCUT2D eigenvalue weighted by molar-refractivity contribution is 6.08. The van der Waals surface area contributed by atoms with Gasteiger partial charge in [0, 0.05) is 17.9 Å². The summed E-state index contributed by atoms with van der Waals surface area (Å²) >= 11 is 0. The van der Waals surface area contributed by atoms with Gasteiger partial charge >= 0.3 is 5.97 Å². The van der Waals surface area contributed by atoms with Crippen LogP contribution in [0.1, 0.15) is 30.9 Å². The number of oxazole rings is 1. The summed E-state index contributed by atoms with van der Waals surface area (Å²) in [7, 11) is 0. The largest absolute Gasteiger partial charge is 0.443 e. The number of rotatable bonds is 5. The highest BCUT2D eigenvalue weighted by Gasteiger charge is 2.51. The van der Waals surface area contributed by atoms with Gasteiger partial charge in [-0.2, -0.15) is 10.1 Å². The van der Waals surface area contributed by atoms with Gasteiger partial charge in [0.1, 0.15) is 23.1 Å². The Bertz CT molecular complexity index is 1760. The SMILES string of the molecule is CC(=O)Oc1coc(C2(C)C(=O)Nc3nc(-c4nn(Cc5ccccc5F)c5ccccc45)nc(N)c32)n1. The number of halogens is 1. The van der Waals surface area contributed by atoms with Crippen LogP contribution in [0.4, 0.5) is 16.0 Å². The second-order valence-corrected chi connectivity index (χ2v) is 8.93. The topological polar surface area (TPSA) is 151 Å². The number of benzene rings is 2. The number of esters is 1. The van der Waals surface area contributed by atoms with Gasteiger partial charge in [0.2, 0.25) is 11.8 Å². The summed E-state index contributed by atoms with van der Waals surface area (Å²) in [6, 6.07) is 13.9. The molecule has 0 saturated heterocycles. The molecule has 1 atom stereocenters. The Morgan fingerprint density at radius 3 is 2.71 bits per heavy atom. The number of carbonyl (C=O) groups is 2. The van der Waals surface area contributed by atoms with E-state index in [0.29, 0.717) is 11.3 Å². The van der Waals surface area contributed by atoms with E-state index in [1.54, 1.807) is 29.8 Å². The molecule has 38 heavy (non-hydrogen) atoms. The van der Waals surface area contributed by atoms with Gasteiger partial charge in [0.15, 0.2) is 17.5 Å². The Labute approximate surface area is 214 Å². The third kappa shape index (κ3) is 3.57. The number of anilines is 2. The minimum atomic E-state index is -1.47. The van der Waals surface area contributed by atoms with Crippen LogP contribution in [0.25, 0.3) is 22.4 Å². The van der Waals surface area contributed by atoms with E-state index in [1.807, 2.05) is 24.3 Å². The van der Waals surface area contributed by atoms with E-state index in [2.05, 4.69) is 25.4 Å². The van der Waals surface area contributed by atoms with Gasteiger partial charge in [-0.1, -0.05) is 36.4 Å². The molecule has 1 aliphatic rings. The summed E-state index contributed by atoms with van der Waals surface area (Å²) in [4.78, 5) is 37.6. The van der Waals surface area contributed by atoms with Crippen molar-refractivity contribution in [2.45, 2.75) is 25.8 Å². The van der Waals surface area contributed by atoms with E-state index in [9.17, 15) is 14.0 Å². The van der Waals surface area contributed by atoms with Crippen LogP contribution in [0, 0.1) is 5.82 Å². The predicted octanol–water partition coefficient (Wildman–Crippen LogP) is 3.43. The number of para-hydroxylation sites is 1. The molecule has 0 spiro atoms. The van der Waals surface area contributed by atoms with Crippen LogP contribution in [-0.4, -0.2) is 36.6 Å². The van der Waals surface area contributed by atoms with Crippen molar-refractivity contribution in [1.82, 2.24) is 24.7 Å². The Morgan fingerprint density at radius 2 is 1.92 bits per heavy atom. The van der Waals surface area contributed by atoms with Gasteiger partial charge < -0.3 is 20.2 Å². The summed E-state index contributed by atoms with van der Waals surface area (Å²) in [6.07, 6.45) is 1.13. The van der Waals surface area contributed by atoms with Crippen molar-refractivity contribution in [3.63, 3.8) is 0 Å². The molecule has 6 rings (SSSR count). The zero-order valence-electron chi connectivity index (χ0n) is 20.2. The smallest absolute Gasteiger partial charge is 0.309 e. The Balaban J connectivity index is 1.44. The lowest BCUT2D eigenvalue weighted by Crippen LogP contribution is -2.33. The lowest BCUT2D eigenvalue weighted by Gasteiger charge is -2.18. The van der Waals surface area contributed by atoms with Gasteiger partial charge in [0.05, 0.1) is 17.6 Å². The molecule has 0 bridgehead atoms. The molecule has 1 aliphatic heterocycles. The first-order chi connectivity index (χ1) is 18.3. The van der Waals surface area contributed by atoms with Crippen molar-refractivity contribution in [1.29, 1.82) is 0 Å². The number of amides is 1. The van der Waals surface area contributed by atoms with Gasteiger partial charge in [-0.3, -0.25) is 14.3 Å². The number of nitrogens with two attached hydrogens (primary N) is 1. The maximum atomic E-state index is 14.4. The van der Waals surface area contributed by atoms with Crippen molar-refractivity contribution in [3.05, 3.63) is 77.6 Å². The molecule has 4 heterocycles. The fraction of sp³-hybridized carbons (Fsp3) is 0.154. The highest BCUT2D eigenvalue weighted by atomic mass is 19.1. The quantitative estimate of drug-likeness (QED) is 0.337. The zero-order valence-corrected chi connectivity index (χ0v) is 20.2. The highest BCUT2D eigenvalue weighted by Crippen LogP contribution is 2.45. The number of hydrogen-bond donors (Lipinski definition) is 2. The molecule has 0 radical (unpaired) electrons. The molecule has 0 saturated carbocycles. The van der Waals surface area contributed by atoms with Gasteiger partial charge in [-0.15, -0.1) is 0 Å². The molecule has 1 amide bonds. The third-order valence-electron chi connectivity index (χ3n) is 6.43. The number of hydrogen-bond acceptors (Lipinski definition) is 9. The average Bonchev–Trinajstić information content (AvgIpc) is 3.56. The first kappa shape index (κ1) is 23.3. The van der Waals surface area contributed by atoms with Gasteiger partial charge in [-0.05, 0) is 19.1 Å². The van der Waals surface area contributed by atoms with Crippen LogP contribution in [0.3, 0.4) is 0 Å². The lowest BCUT2D eigenvalue weighted by molar-refractivity contribution is -0.132. The summed E-state index contributed by atoms with van der Waals surface area (Å²) < 4.78 is 26.5. The molecule has 190 valence electrons. The zero-order chi connectivity index (χ0) is 26.6. The Morgan fingerprint density at radius 1 is 1.16 bits per heavy atom. The van der Waals surface area contributed by atoms with Crippen LogP contribution >= 0.6 is 0 Å². The average molecular weight is 513 g/mol. The standard InChI is InChI=1S/C26H20FN7O4/c1-13(35)38-18-12-37-25(29-18)26(2)19-21(28)30-23(31-22(19)32-24(26)36)20-15-8-4-6-10-17(15)34(33-20)11-14-7-3-5-9-16(14)27/h3-10,12H,11H2,1-2H3,(H3,28,30,31,32,36). The van der Waals surface area contributed by atoms with Crippen LogP contribution < -0.4 is 15.8 Å². The number of carbonyl (C=O) groups excluding carboxylic acids is 2. The number of nitrogens with zero attached hydrogens (tertiary/aromatic N) is 5. The van der Waals surface area contributed by atoms with E-state index >= 15 is 0 Å². The molecule has 3 N–H and O–H groups in total. The van der Waals surface area contributed by atoms with Crippen LogP contribution in [0.2, 0.25) is 0 Å². The fourth-order valence-corrected chi connectivity index (χ4v) is 4.60. The van der Waals surface area contributed by atoms with E-state index in [-0.39, 0.29) is 47.2 Å².